The molecule has 0 spiro atoms. The molecule has 2 rings (SSSR count). The second-order valence-electron chi connectivity index (χ2n) is 4.22. The zero-order valence-electron chi connectivity index (χ0n) is 11.3. The first-order valence-electron chi connectivity index (χ1n) is 6.15. The van der Waals surface area contributed by atoms with E-state index in [0.717, 1.165) is 5.56 Å². The summed E-state index contributed by atoms with van der Waals surface area (Å²) in [5.41, 5.74) is 1.32. The summed E-state index contributed by atoms with van der Waals surface area (Å²) in [5, 5.41) is 10.8. The van der Waals surface area contributed by atoms with Crippen LogP contribution in [0.5, 0.6) is 0 Å². The van der Waals surface area contributed by atoms with E-state index in [4.69, 9.17) is 5.11 Å². The Kier molecular flexibility index (Phi) is 4.96. The predicted octanol–water partition coefficient (Wildman–Crippen LogP) is 1.99. The van der Waals surface area contributed by atoms with Crippen LogP contribution in [-0.2, 0) is 10.0 Å². The summed E-state index contributed by atoms with van der Waals surface area (Å²) >= 11 is 1.20. The second kappa shape index (κ2) is 6.72. The molecule has 2 N–H and O–H groups in total. The topological polar surface area (TPSA) is 79.3 Å². The van der Waals surface area contributed by atoms with Crippen LogP contribution in [0.2, 0.25) is 0 Å². The Morgan fingerprint density at radius 2 is 2.24 bits per heavy atom. The molecule has 1 heterocycles. The van der Waals surface area contributed by atoms with Gasteiger partial charge in [0.25, 0.3) is 10.0 Å². The van der Waals surface area contributed by atoms with Gasteiger partial charge in [-0.2, -0.15) is 0 Å². The maximum Gasteiger partial charge on any atom is 0.264 e. The number of nitrogens with one attached hydrogen (secondary N) is 1. The van der Waals surface area contributed by atoms with Gasteiger partial charge in [0, 0.05) is 23.6 Å². The summed E-state index contributed by atoms with van der Waals surface area (Å²) in [5.74, 6) is 5.54. The third-order valence-electron chi connectivity index (χ3n) is 2.54. The molecule has 0 atom stereocenters. The summed E-state index contributed by atoms with van der Waals surface area (Å²) in [7, 11) is -3.73. The Morgan fingerprint density at radius 1 is 1.43 bits per heavy atom. The predicted molar refractivity (Wildman–Crippen MR) is 82.7 cm³/mol. The third kappa shape index (κ3) is 4.04. The number of hydrogen-bond donors (Lipinski definition) is 2. The summed E-state index contributed by atoms with van der Waals surface area (Å²) in [6, 6.07) is 4.95. The van der Waals surface area contributed by atoms with Crippen molar-refractivity contribution in [1.29, 1.82) is 0 Å². The number of anilines is 1. The van der Waals surface area contributed by atoms with Crippen molar-refractivity contribution >= 4 is 26.5 Å². The first kappa shape index (κ1) is 15.5. The van der Waals surface area contributed by atoms with Gasteiger partial charge < -0.3 is 5.11 Å². The molecule has 0 radical (unpaired) electrons. The van der Waals surface area contributed by atoms with Crippen molar-refractivity contribution in [3.63, 3.8) is 0 Å². The highest BCUT2D eigenvalue weighted by molar-refractivity contribution is 7.93. The second-order valence-corrected chi connectivity index (χ2v) is 6.76. The smallest absolute Gasteiger partial charge is 0.264 e. The maximum absolute atomic E-state index is 12.4. The van der Waals surface area contributed by atoms with Gasteiger partial charge in [-0.1, -0.05) is 17.9 Å². The van der Waals surface area contributed by atoms with E-state index in [2.05, 4.69) is 21.5 Å². The first-order valence-corrected chi connectivity index (χ1v) is 8.52. The van der Waals surface area contributed by atoms with Crippen molar-refractivity contribution in [3.05, 3.63) is 40.9 Å². The van der Waals surface area contributed by atoms with Crippen LogP contribution in [0.4, 0.5) is 5.13 Å². The summed E-state index contributed by atoms with van der Waals surface area (Å²) in [6.45, 7) is 1.81. The molecule has 7 heteroatoms. The van der Waals surface area contributed by atoms with Gasteiger partial charge in [-0.3, -0.25) is 4.72 Å². The zero-order chi connectivity index (χ0) is 15.3. The molecule has 2 aromatic rings. The van der Waals surface area contributed by atoms with Gasteiger partial charge >= 0.3 is 0 Å². The lowest BCUT2D eigenvalue weighted by atomic mass is 10.1. The van der Waals surface area contributed by atoms with E-state index in [1.807, 2.05) is 6.92 Å². The van der Waals surface area contributed by atoms with E-state index in [1.54, 1.807) is 17.5 Å². The minimum absolute atomic E-state index is 0.0573. The molecule has 0 unspecified atom stereocenters. The van der Waals surface area contributed by atoms with Crippen LogP contribution in [0.3, 0.4) is 0 Å². The monoisotopic (exact) mass is 322 g/mol. The maximum atomic E-state index is 12.4. The fraction of sp³-hybridized carbons (Fsp3) is 0.214. The van der Waals surface area contributed by atoms with Crippen LogP contribution in [0.25, 0.3) is 0 Å². The van der Waals surface area contributed by atoms with E-state index < -0.39 is 10.0 Å². The van der Waals surface area contributed by atoms with Crippen LogP contribution in [0.1, 0.15) is 17.5 Å². The number of aliphatic hydroxyl groups is 1. The Balaban J connectivity index is 2.41. The van der Waals surface area contributed by atoms with Gasteiger partial charge in [-0.05, 0) is 24.6 Å². The molecule has 0 saturated carbocycles. The van der Waals surface area contributed by atoms with E-state index in [1.165, 1.54) is 23.6 Å². The zero-order valence-corrected chi connectivity index (χ0v) is 13.0. The quantitative estimate of drug-likeness (QED) is 0.844. The molecule has 0 aliphatic rings. The number of hydrogen-bond acceptors (Lipinski definition) is 5. The van der Waals surface area contributed by atoms with E-state index >= 15 is 0 Å². The Morgan fingerprint density at radius 3 is 2.90 bits per heavy atom. The van der Waals surface area contributed by atoms with Crippen molar-refractivity contribution in [2.24, 2.45) is 0 Å². The van der Waals surface area contributed by atoms with Crippen LogP contribution in [0, 0.1) is 18.8 Å². The molecule has 21 heavy (non-hydrogen) atoms. The van der Waals surface area contributed by atoms with E-state index in [-0.39, 0.29) is 11.5 Å². The first-order chi connectivity index (χ1) is 10.0. The molecule has 0 saturated heterocycles. The largest absolute Gasteiger partial charge is 0.395 e. The molecular weight excluding hydrogens is 308 g/mol. The number of sulfonamides is 1. The highest BCUT2D eigenvalue weighted by Crippen LogP contribution is 2.21. The van der Waals surface area contributed by atoms with Crippen molar-refractivity contribution in [1.82, 2.24) is 4.98 Å². The SMILES string of the molecule is Cc1ccc(S(=O)(=O)Nc2nccs2)c(C#CCCO)c1. The van der Waals surface area contributed by atoms with Crippen molar-refractivity contribution < 1.29 is 13.5 Å². The molecule has 0 fully saturated rings. The van der Waals surface area contributed by atoms with Gasteiger partial charge in [0.1, 0.15) is 4.90 Å². The number of aryl methyl sites for hydroxylation is 1. The number of nitrogens with zero attached hydrogens (tertiary/aromatic N) is 1. The lowest BCUT2D eigenvalue weighted by Gasteiger charge is -2.08. The van der Waals surface area contributed by atoms with Gasteiger partial charge in [0.2, 0.25) is 0 Å². The van der Waals surface area contributed by atoms with Gasteiger partial charge in [0.15, 0.2) is 5.13 Å². The Labute approximate surface area is 127 Å². The van der Waals surface area contributed by atoms with E-state index in [0.29, 0.717) is 17.1 Å². The van der Waals surface area contributed by atoms with Crippen LogP contribution < -0.4 is 4.72 Å². The fourth-order valence-electron chi connectivity index (χ4n) is 1.63. The Hall–Kier alpha value is -1.88. The number of aromatic nitrogens is 1. The van der Waals surface area contributed by atoms with E-state index in [9.17, 15) is 8.42 Å². The summed E-state index contributed by atoms with van der Waals surface area (Å²) in [4.78, 5) is 4.01. The molecule has 5 nitrogen and oxygen atoms in total. The number of aliphatic hydroxyl groups excluding tert-OH is 1. The molecule has 0 aliphatic carbocycles. The number of benzene rings is 1. The minimum Gasteiger partial charge on any atom is -0.395 e. The average Bonchev–Trinajstić information content (AvgIpc) is 2.91. The molecular formula is C14H14N2O3S2. The minimum atomic E-state index is -3.73. The fourth-order valence-corrected chi connectivity index (χ4v) is 3.57. The summed E-state index contributed by atoms with van der Waals surface area (Å²) < 4.78 is 27.2. The molecule has 1 aromatic heterocycles. The average molecular weight is 322 g/mol. The van der Waals surface area contributed by atoms with Gasteiger partial charge in [-0.25, -0.2) is 13.4 Å². The van der Waals surface area contributed by atoms with Gasteiger partial charge in [0.05, 0.1) is 6.61 Å². The molecule has 1 aromatic carbocycles. The number of rotatable bonds is 4. The number of thiazole rings is 1. The molecule has 110 valence electrons. The molecule has 0 bridgehead atoms. The summed E-state index contributed by atoms with van der Waals surface area (Å²) in [6.07, 6.45) is 1.83. The van der Waals surface area contributed by atoms with Crippen LogP contribution >= 0.6 is 11.3 Å². The highest BCUT2D eigenvalue weighted by Gasteiger charge is 2.19. The standard InChI is InChI=1S/C14H14N2O3S2/c1-11-5-6-13(12(10-11)4-2-3-8-17)21(18,19)16-14-15-7-9-20-14/h5-7,9-10,17H,3,8H2,1H3,(H,15,16). The molecule has 0 aliphatic heterocycles. The lowest BCUT2D eigenvalue weighted by molar-refractivity contribution is 0.305. The van der Waals surface area contributed by atoms with Gasteiger partial charge in [-0.15, -0.1) is 11.3 Å². The normalized spacial score (nSPS) is 10.8. The third-order valence-corrected chi connectivity index (χ3v) is 4.75. The Bertz CT molecular complexity index is 772. The van der Waals surface area contributed by atoms with Crippen molar-refractivity contribution in [3.8, 4) is 11.8 Å². The van der Waals surface area contributed by atoms with Crippen LogP contribution in [0.15, 0.2) is 34.7 Å². The van der Waals surface area contributed by atoms with Crippen molar-refractivity contribution in [2.75, 3.05) is 11.3 Å². The van der Waals surface area contributed by atoms with Crippen LogP contribution in [-0.4, -0.2) is 25.1 Å². The van der Waals surface area contributed by atoms with Crippen molar-refractivity contribution in [2.45, 2.75) is 18.2 Å². The highest BCUT2D eigenvalue weighted by atomic mass is 32.2. The molecule has 0 amide bonds. The lowest BCUT2D eigenvalue weighted by Crippen LogP contribution is -2.14.